The van der Waals surface area contributed by atoms with Crippen LogP contribution in [0.2, 0.25) is 0 Å². The van der Waals surface area contributed by atoms with Gasteiger partial charge >= 0.3 is 0 Å². The van der Waals surface area contributed by atoms with Crippen molar-refractivity contribution in [3.63, 3.8) is 0 Å². The summed E-state index contributed by atoms with van der Waals surface area (Å²) in [6.07, 6.45) is 1.17. The van der Waals surface area contributed by atoms with Crippen LogP contribution in [0.3, 0.4) is 0 Å². The molecule has 0 amide bonds. The molecule has 0 saturated heterocycles. The summed E-state index contributed by atoms with van der Waals surface area (Å²) in [5.41, 5.74) is -1.02. The number of nitrogens with zero attached hydrogens (tertiary/aromatic N) is 3. The van der Waals surface area contributed by atoms with Gasteiger partial charge in [0.25, 0.3) is 15.7 Å². The van der Waals surface area contributed by atoms with E-state index in [0.29, 0.717) is 29.8 Å². The van der Waals surface area contributed by atoms with Gasteiger partial charge in [0.15, 0.2) is 10.6 Å². The third kappa shape index (κ3) is 5.62. The number of hydrogen-bond acceptors (Lipinski definition) is 10. The zero-order valence-corrected chi connectivity index (χ0v) is 17.1. The van der Waals surface area contributed by atoms with Crippen molar-refractivity contribution in [2.75, 3.05) is 0 Å². The predicted molar refractivity (Wildman–Crippen MR) is 103 cm³/mol. The molecule has 1 aromatic heterocycles. The zero-order valence-electron chi connectivity index (χ0n) is 15.5. The minimum atomic E-state index is -4.82. The molecule has 11 nitrogen and oxygen atoms in total. The molecule has 158 valence electrons. The smallest absolute Gasteiger partial charge is 0.300 e. The van der Waals surface area contributed by atoms with Gasteiger partial charge in [-0.15, -0.1) is 9.45 Å². The van der Waals surface area contributed by atoms with Crippen molar-refractivity contribution in [3.8, 4) is 5.88 Å². The molecule has 0 atom stereocenters. The number of benzene rings is 1. The molecule has 0 aliphatic carbocycles. The van der Waals surface area contributed by atoms with Crippen LogP contribution in [0.5, 0.6) is 5.88 Å². The Morgan fingerprint density at radius 2 is 2.00 bits per heavy atom. The maximum absolute atomic E-state index is 12.7. The molecule has 0 spiro atoms. The highest BCUT2D eigenvalue weighted by Crippen LogP contribution is 2.32. The molecule has 0 unspecified atom stereocenters. The monoisotopic (exact) mass is 445 g/mol. The fourth-order valence-corrected chi connectivity index (χ4v) is 3.73. The summed E-state index contributed by atoms with van der Waals surface area (Å²) in [6, 6.07) is 6.29. The van der Waals surface area contributed by atoms with Gasteiger partial charge in [0.1, 0.15) is 0 Å². The Bertz CT molecular complexity index is 1070. The molecule has 1 aromatic carbocycles. The van der Waals surface area contributed by atoms with E-state index >= 15 is 0 Å². The molecule has 0 bridgehead atoms. The SMILES string of the molecule is CCCCn1c(O)c(S(=O)(=O)O)c(C)c(N=Nc2cccc(SOOO)c2)c1=O. The van der Waals surface area contributed by atoms with Crippen molar-refractivity contribution in [1.29, 1.82) is 0 Å². The summed E-state index contributed by atoms with van der Waals surface area (Å²) in [7, 11) is -4.82. The first kappa shape index (κ1) is 23.0. The fraction of sp³-hybridized carbons (Fsp3) is 0.312. The minimum absolute atomic E-state index is 0.0388. The van der Waals surface area contributed by atoms with E-state index in [2.05, 4.69) is 19.6 Å². The highest BCUT2D eigenvalue weighted by Gasteiger charge is 2.27. The Labute approximate surface area is 170 Å². The Morgan fingerprint density at radius 3 is 2.62 bits per heavy atom. The average molecular weight is 445 g/mol. The van der Waals surface area contributed by atoms with Crippen LogP contribution in [-0.2, 0) is 26.0 Å². The quantitative estimate of drug-likeness (QED) is 0.172. The van der Waals surface area contributed by atoms with Gasteiger partial charge in [0.05, 0.1) is 17.7 Å². The van der Waals surface area contributed by atoms with Crippen molar-refractivity contribution in [2.24, 2.45) is 10.2 Å². The van der Waals surface area contributed by atoms with Crippen LogP contribution in [0.4, 0.5) is 11.4 Å². The Balaban J connectivity index is 2.57. The van der Waals surface area contributed by atoms with Gasteiger partial charge in [-0.1, -0.05) is 24.4 Å². The Kier molecular flexibility index (Phi) is 7.89. The van der Waals surface area contributed by atoms with Gasteiger partial charge in [0, 0.05) is 17.0 Å². The van der Waals surface area contributed by atoms with Crippen LogP contribution >= 0.6 is 12.0 Å². The van der Waals surface area contributed by atoms with E-state index in [1.807, 2.05) is 6.92 Å². The number of hydrogen-bond donors (Lipinski definition) is 3. The van der Waals surface area contributed by atoms with Crippen LogP contribution in [0.25, 0.3) is 0 Å². The van der Waals surface area contributed by atoms with Crippen LogP contribution in [0.1, 0.15) is 25.3 Å². The van der Waals surface area contributed by atoms with Crippen LogP contribution in [0.15, 0.2) is 49.1 Å². The predicted octanol–water partition coefficient (Wildman–Crippen LogP) is 3.75. The summed E-state index contributed by atoms with van der Waals surface area (Å²) >= 11 is 0.697. The molecule has 0 saturated carbocycles. The molecule has 0 aliphatic heterocycles. The number of unbranched alkanes of at least 4 members (excludes halogenated alkanes) is 1. The third-order valence-corrected chi connectivity index (χ3v) is 5.42. The lowest BCUT2D eigenvalue weighted by atomic mass is 10.2. The molecule has 0 aliphatic rings. The van der Waals surface area contributed by atoms with Gasteiger partial charge in [-0.2, -0.15) is 13.5 Å². The number of rotatable bonds is 9. The Morgan fingerprint density at radius 1 is 1.28 bits per heavy atom. The molecule has 2 aromatic rings. The second-order valence-corrected chi connectivity index (χ2v) is 7.97. The number of aromatic hydroxyl groups is 1. The second-order valence-electron chi connectivity index (χ2n) is 5.84. The Hall–Kier alpha value is -2.29. The van der Waals surface area contributed by atoms with Crippen LogP contribution in [0, 0.1) is 6.92 Å². The molecule has 0 fully saturated rings. The summed E-state index contributed by atoms with van der Waals surface area (Å²) in [5, 5.41) is 29.7. The first-order valence-corrected chi connectivity index (χ1v) is 10.5. The topological polar surface area (TPSA) is 160 Å². The fourth-order valence-electron chi connectivity index (χ4n) is 2.49. The van der Waals surface area contributed by atoms with Crippen molar-refractivity contribution >= 4 is 33.5 Å². The second kappa shape index (κ2) is 9.96. The summed E-state index contributed by atoms with van der Waals surface area (Å²) in [4.78, 5) is 12.4. The van der Waals surface area contributed by atoms with E-state index in [4.69, 9.17) is 5.26 Å². The highest BCUT2D eigenvalue weighted by atomic mass is 32.2. The van der Waals surface area contributed by atoms with Gasteiger partial charge < -0.3 is 5.11 Å². The average Bonchev–Trinajstić information content (AvgIpc) is 2.65. The van der Waals surface area contributed by atoms with Crippen molar-refractivity contribution in [1.82, 2.24) is 4.57 Å². The normalized spacial score (nSPS) is 12.0. The van der Waals surface area contributed by atoms with Crippen LogP contribution in [-0.4, -0.2) is 27.9 Å². The molecular weight excluding hydrogens is 426 g/mol. The number of pyridine rings is 1. The van der Waals surface area contributed by atoms with Gasteiger partial charge in [-0.3, -0.25) is 13.9 Å². The van der Waals surface area contributed by atoms with E-state index in [1.165, 1.54) is 13.0 Å². The summed E-state index contributed by atoms with van der Waals surface area (Å²) in [5.74, 6) is -0.845. The van der Waals surface area contributed by atoms with E-state index in [1.54, 1.807) is 18.2 Å². The zero-order chi connectivity index (χ0) is 21.6. The van der Waals surface area contributed by atoms with E-state index < -0.39 is 26.5 Å². The molecule has 3 N–H and O–H groups in total. The highest BCUT2D eigenvalue weighted by molar-refractivity contribution is 7.94. The lowest BCUT2D eigenvalue weighted by molar-refractivity contribution is -0.432. The largest absolute Gasteiger partial charge is 0.493 e. The van der Waals surface area contributed by atoms with E-state index in [-0.39, 0.29) is 23.5 Å². The lowest BCUT2D eigenvalue weighted by Crippen LogP contribution is -2.23. The molecule has 0 radical (unpaired) electrons. The van der Waals surface area contributed by atoms with Gasteiger partial charge in [0.2, 0.25) is 5.88 Å². The lowest BCUT2D eigenvalue weighted by Gasteiger charge is -2.14. The summed E-state index contributed by atoms with van der Waals surface area (Å²) in [6.45, 7) is 3.13. The standard InChI is InChI=1S/C16H19N3O8S2/c1-3-4-8-19-15(20)13(10(2)14(16(19)21)29(23,24)25)18-17-11-6-5-7-12(9-11)28-27-26-22/h5-7,9,21-22H,3-4,8H2,1-2H3,(H,23,24,25). The molecule has 29 heavy (non-hydrogen) atoms. The maximum atomic E-state index is 12.7. The van der Waals surface area contributed by atoms with Crippen molar-refractivity contribution in [3.05, 3.63) is 40.2 Å². The van der Waals surface area contributed by atoms with Crippen molar-refractivity contribution in [2.45, 2.75) is 43.0 Å². The van der Waals surface area contributed by atoms with Crippen LogP contribution < -0.4 is 5.56 Å². The van der Waals surface area contributed by atoms with Gasteiger partial charge in [-0.05, 0) is 31.5 Å². The third-order valence-electron chi connectivity index (χ3n) is 3.84. The van der Waals surface area contributed by atoms with Gasteiger partial charge in [-0.25, -0.2) is 5.26 Å². The molecule has 1 heterocycles. The minimum Gasteiger partial charge on any atom is -0.493 e. The maximum Gasteiger partial charge on any atom is 0.300 e. The van der Waals surface area contributed by atoms with E-state index in [9.17, 15) is 22.9 Å². The van der Waals surface area contributed by atoms with E-state index in [0.717, 1.165) is 4.57 Å². The molecular formula is C16H19N3O8S2. The first-order chi connectivity index (χ1) is 13.7. The molecule has 2 rings (SSSR count). The number of aromatic nitrogens is 1. The summed E-state index contributed by atoms with van der Waals surface area (Å²) < 4.78 is 38.1. The molecule has 13 heteroatoms. The number of azo groups is 1. The van der Waals surface area contributed by atoms with Crippen molar-refractivity contribution < 1.29 is 32.7 Å². The first-order valence-electron chi connectivity index (χ1n) is 8.31.